The Balaban J connectivity index is 2.31. The lowest BCUT2D eigenvalue weighted by Crippen LogP contribution is -2.09. The zero-order valence-electron chi connectivity index (χ0n) is 8.31. The molecule has 15 heavy (non-hydrogen) atoms. The number of ether oxygens (including phenoxy) is 1. The highest BCUT2D eigenvalue weighted by molar-refractivity contribution is 7.79. The largest absolute Gasteiger partial charge is 0.462 e. The van der Waals surface area contributed by atoms with E-state index in [1.807, 2.05) is 30.3 Å². The van der Waals surface area contributed by atoms with E-state index < -0.39 is 5.97 Å². The van der Waals surface area contributed by atoms with E-state index >= 15 is 0 Å². The molecule has 0 heterocycles. The Morgan fingerprint density at radius 2 is 2.07 bits per heavy atom. The monoisotopic (exact) mass is 220 g/mol. The van der Waals surface area contributed by atoms with Gasteiger partial charge in [-0.1, -0.05) is 49.1 Å². The van der Waals surface area contributed by atoms with Crippen LogP contribution in [0.3, 0.4) is 0 Å². The van der Waals surface area contributed by atoms with Crippen LogP contribution in [0.5, 0.6) is 0 Å². The van der Waals surface area contributed by atoms with Gasteiger partial charge < -0.3 is 4.74 Å². The number of carbonyl (C=O) groups is 1. The van der Waals surface area contributed by atoms with Gasteiger partial charge in [0.05, 0.1) is 12.2 Å². The minimum Gasteiger partial charge on any atom is -0.462 e. The highest BCUT2D eigenvalue weighted by atomic mass is 32.1. The van der Waals surface area contributed by atoms with Crippen molar-refractivity contribution in [3.63, 3.8) is 0 Å². The minimum absolute atomic E-state index is 0.220. The molecule has 0 saturated heterocycles. The van der Waals surface area contributed by atoms with Crippen LogP contribution in [0, 0.1) is 0 Å². The van der Waals surface area contributed by atoms with Gasteiger partial charge in [-0.15, -0.1) is 0 Å². The van der Waals surface area contributed by atoms with Crippen LogP contribution < -0.4 is 0 Å². The summed E-state index contributed by atoms with van der Waals surface area (Å²) in [4.78, 5) is 11.1. The Hall–Kier alpha value is -1.48. The normalized spacial score (nSPS) is 9.33. The number of hydrogen-bond donors (Lipinski definition) is 0. The molecule has 0 fully saturated rings. The lowest BCUT2D eigenvalue weighted by molar-refractivity contribution is -0.138. The van der Waals surface area contributed by atoms with Crippen LogP contribution in [-0.2, 0) is 16.0 Å². The first-order valence-electron chi connectivity index (χ1n) is 4.59. The fraction of sp³-hybridized carbons (Fsp3) is 0.167. The summed E-state index contributed by atoms with van der Waals surface area (Å²) < 4.78 is 4.96. The molecule has 0 N–H and O–H groups in total. The molecule has 0 aromatic heterocycles. The van der Waals surface area contributed by atoms with Crippen LogP contribution in [0.4, 0.5) is 0 Å². The van der Waals surface area contributed by atoms with Crippen LogP contribution in [0.25, 0.3) is 0 Å². The fourth-order valence-corrected chi connectivity index (χ4v) is 1.14. The average Bonchev–Trinajstić information content (AvgIpc) is 2.29. The molecule has 78 valence electrons. The van der Waals surface area contributed by atoms with Crippen LogP contribution in [0.1, 0.15) is 5.56 Å². The van der Waals surface area contributed by atoms with Crippen LogP contribution in [0.2, 0.25) is 0 Å². The smallest absolute Gasteiger partial charge is 0.338 e. The molecule has 3 heteroatoms. The van der Waals surface area contributed by atoms with Gasteiger partial charge in [0.2, 0.25) is 0 Å². The molecule has 0 saturated carbocycles. The summed E-state index contributed by atoms with van der Waals surface area (Å²) in [6.45, 7) is 3.82. The van der Waals surface area contributed by atoms with E-state index in [0.717, 1.165) is 5.56 Å². The van der Waals surface area contributed by atoms with Gasteiger partial charge in [0.15, 0.2) is 0 Å². The van der Waals surface area contributed by atoms with Crippen molar-refractivity contribution in [1.82, 2.24) is 0 Å². The molecule has 0 atom stereocenters. The number of hydrogen-bond acceptors (Lipinski definition) is 3. The van der Waals surface area contributed by atoms with Gasteiger partial charge in [-0.05, 0) is 5.56 Å². The van der Waals surface area contributed by atoms with E-state index in [9.17, 15) is 4.79 Å². The number of rotatable bonds is 5. The molecule has 0 aliphatic heterocycles. The second-order valence-electron chi connectivity index (χ2n) is 3.01. The molecule has 0 amide bonds. The summed E-state index contributed by atoms with van der Waals surface area (Å²) in [5.74, 6) is -0.444. The van der Waals surface area contributed by atoms with Gasteiger partial charge in [-0.3, -0.25) is 0 Å². The van der Waals surface area contributed by atoms with Crippen molar-refractivity contribution in [3.8, 4) is 0 Å². The van der Waals surface area contributed by atoms with Gasteiger partial charge in [0.25, 0.3) is 0 Å². The zero-order chi connectivity index (χ0) is 11.1. The van der Waals surface area contributed by atoms with Crippen molar-refractivity contribution in [2.24, 2.45) is 0 Å². The van der Waals surface area contributed by atoms with Crippen molar-refractivity contribution in [2.45, 2.75) is 6.42 Å². The number of thiocarbonyl (C=S) groups is 1. The fourth-order valence-electron chi connectivity index (χ4n) is 1.05. The Morgan fingerprint density at radius 1 is 1.40 bits per heavy atom. The first kappa shape index (κ1) is 11.6. The zero-order valence-corrected chi connectivity index (χ0v) is 9.13. The van der Waals surface area contributed by atoms with Gasteiger partial charge in [-0.2, -0.15) is 0 Å². The molecule has 0 aliphatic rings. The standard InChI is InChI=1S/C12H12O2S/c1-10(9-15)12(13)14-8-7-11-5-3-2-4-6-11/h2-6,9H,1,7-8H2. The number of carbonyl (C=O) groups excluding carboxylic acids is 1. The van der Waals surface area contributed by atoms with Gasteiger partial charge >= 0.3 is 5.97 Å². The van der Waals surface area contributed by atoms with Crippen molar-refractivity contribution >= 4 is 23.6 Å². The van der Waals surface area contributed by atoms with Gasteiger partial charge in [0, 0.05) is 11.8 Å². The summed E-state index contributed by atoms with van der Waals surface area (Å²) in [6.07, 6.45) is 0.706. The predicted octanol–water partition coefficient (Wildman–Crippen LogP) is 2.33. The van der Waals surface area contributed by atoms with Crippen molar-refractivity contribution in [1.29, 1.82) is 0 Å². The predicted molar refractivity (Wildman–Crippen MR) is 63.9 cm³/mol. The molecule has 1 rings (SSSR count). The Bertz CT molecular complexity index is 357. The van der Waals surface area contributed by atoms with E-state index in [-0.39, 0.29) is 5.57 Å². The van der Waals surface area contributed by atoms with Crippen LogP contribution in [0.15, 0.2) is 42.5 Å². The molecule has 2 nitrogen and oxygen atoms in total. The second kappa shape index (κ2) is 6.09. The first-order chi connectivity index (χ1) is 7.24. The summed E-state index contributed by atoms with van der Waals surface area (Å²) in [6, 6.07) is 9.83. The minimum atomic E-state index is -0.444. The van der Waals surface area contributed by atoms with E-state index in [2.05, 4.69) is 18.8 Å². The Labute approximate surface area is 94.6 Å². The Morgan fingerprint density at radius 3 is 2.67 bits per heavy atom. The molecule has 0 spiro atoms. The van der Waals surface area contributed by atoms with E-state index in [1.165, 1.54) is 5.37 Å². The molecule has 1 aromatic rings. The van der Waals surface area contributed by atoms with E-state index in [1.54, 1.807) is 0 Å². The Kier molecular flexibility index (Phi) is 4.71. The molecule has 0 aliphatic carbocycles. The third-order valence-electron chi connectivity index (χ3n) is 1.87. The summed E-state index contributed by atoms with van der Waals surface area (Å²) in [5, 5.41) is 1.23. The lowest BCUT2D eigenvalue weighted by Gasteiger charge is -2.03. The van der Waals surface area contributed by atoms with Crippen molar-refractivity contribution in [3.05, 3.63) is 48.0 Å². The van der Waals surface area contributed by atoms with Gasteiger partial charge in [0.1, 0.15) is 0 Å². The molecule has 0 bridgehead atoms. The maximum atomic E-state index is 11.1. The topological polar surface area (TPSA) is 26.3 Å². The molecule has 0 unspecified atom stereocenters. The SMILES string of the molecule is C=C(C=S)C(=O)OCCc1ccccc1. The highest BCUT2D eigenvalue weighted by Gasteiger charge is 2.04. The molecule has 0 radical (unpaired) electrons. The van der Waals surface area contributed by atoms with Crippen LogP contribution in [-0.4, -0.2) is 17.9 Å². The third-order valence-corrected chi connectivity index (χ3v) is 2.16. The van der Waals surface area contributed by atoms with Crippen molar-refractivity contribution in [2.75, 3.05) is 6.61 Å². The average molecular weight is 220 g/mol. The summed E-state index contributed by atoms with van der Waals surface area (Å²) in [7, 11) is 0. The quantitative estimate of drug-likeness (QED) is 0.433. The summed E-state index contributed by atoms with van der Waals surface area (Å²) >= 11 is 4.57. The first-order valence-corrected chi connectivity index (χ1v) is 5.06. The van der Waals surface area contributed by atoms with E-state index in [0.29, 0.717) is 13.0 Å². The summed E-state index contributed by atoms with van der Waals surface area (Å²) in [5.41, 5.74) is 1.36. The van der Waals surface area contributed by atoms with Crippen LogP contribution >= 0.6 is 12.2 Å². The molecular formula is C12H12O2S. The van der Waals surface area contributed by atoms with Crippen molar-refractivity contribution < 1.29 is 9.53 Å². The highest BCUT2D eigenvalue weighted by Crippen LogP contribution is 2.00. The maximum absolute atomic E-state index is 11.1. The molecular weight excluding hydrogens is 208 g/mol. The van der Waals surface area contributed by atoms with E-state index in [4.69, 9.17) is 4.74 Å². The number of esters is 1. The van der Waals surface area contributed by atoms with Gasteiger partial charge in [-0.25, -0.2) is 4.79 Å². The molecule has 1 aromatic carbocycles. The maximum Gasteiger partial charge on any atom is 0.338 e. The third kappa shape index (κ3) is 4.04. The second-order valence-corrected chi connectivity index (χ2v) is 3.25. The lowest BCUT2D eigenvalue weighted by atomic mass is 10.2. The number of benzene rings is 1.